The standard InChI is InChI=1S/C47H93NO3/c1-3-5-7-9-11-13-14-15-16-17-18-19-20-21-22-23-24-25-26-27-28-29-30-31-32-33-35-37-39-41-43-47(51)48-45(44-49)46(50)42-40-38-36-34-12-10-8-6-4-2/h40,42,45-46,49-50H,3-39,41,43-44H2,1-2H3,(H,48,51)/b42-40+/t45-,46+/m0/s1. The highest BCUT2D eigenvalue weighted by atomic mass is 16.3. The number of carbonyl (C=O) groups excluding carboxylic acids is 1. The van der Waals surface area contributed by atoms with Crippen LogP contribution >= 0.6 is 0 Å². The van der Waals surface area contributed by atoms with E-state index in [1.54, 1.807) is 6.08 Å². The summed E-state index contributed by atoms with van der Waals surface area (Å²) in [5.74, 6) is -0.0613. The zero-order chi connectivity index (χ0) is 37.1. The molecule has 0 aromatic carbocycles. The number of unbranched alkanes of at least 4 members (excludes halogenated alkanes) is 36. The molecule has 0 aliphatic heterocycles. The van der Waals surface area contributed by atoms with Crippen LogP contribution in [-0.2, 0) is 4.79 Å². The molecule has 4 heteroatoms. The fourth-order valence-corrected chi connectivity index (χ4v) is 7.42. The molecule has 0 unspecified atom stereocenters. The average Bonchev–Trinajstić information content (AvgIpc) is 3.13. The summed E-state index contributed by atoms with van der Waals surface area (Å²) < 4.78 is 0. The first-order chi connectivity index (χ1) is 25.2. The minimum atomic E-state index is -0.832. The third-order valence-electron chi connectivity index (χ3n) is 11.0. The van der Waals surface area contributed by atoms with Crippen molar-refractivity contribution in [3.8, 4) is 0 Å². The molecule has 0 fully saturated rings. The number of hydrogen-bond donors (Lipinski definition) is 3. The molecule has 0 rings (SSSR count). The molecule has 1 amide bonds. The summed E-state index contributed by atoms with van der Waals surface area (Å²) in [6.07, 6.45) is 55.0. The Labute approximate surface area is 320 Å². The summed E-state index contributed by atoms with van der Waals surface area (Å²) in [5.41, 5.74) is 0. The van der Waals surface area contributed by atoms with Gasteiger partial charge in [-0.25, -0.2) is 0 Å². The smallest absolute Gasteiger partial charge is 0.220 e. The minimum absolute atomic E-state index is 0.0613. The van der Waals surface area contributed by atoms with Gasteiger partial charge in [0.05, 0.1) is 18.8 Å². The normalized spacial score (nSPS) is 12.9. The lowest BCUT2D eigenvalue weighted by atomic mass is 10.0. The Morgan fingerprint density at radius 2 is 0.725 bits per heavy atom. The number of hydrogen-bond acceptors (Lipinski definition) is 3. The molecule has 0 aliphatic carbocycles. The monoisotopic (exact) mass is 720 g/mol. The third kappa shape index (κ3) is 40.2. The fraction of sp³-hybridized carbons (Fsp3) is 0.936. The highest BCUT2D eigenvalue weighted by Gasteiger charge is 2.17. The van der Waals surface area contributed by atoms with Gasteiger partial charge in [-0.05, 0) is 19.3 Å². The molecule has 2 atom stereocenters. The number of carbonyl (C=O) groups is 1. The van der Waals surface area contributed by atoms with Gasteiger partial charge in [-0.2, -0.15) is 0 Å². The summed E-state index contributed by atoms with van der Waals surface area (Å²) in [6, 6.07) is -0.615. The van der Waals surface area contributed by atoms with Gasteiger partial charge in [-0.15, -0.1) is 0 Å². The van der Waals surface area contributed by atoms with E-state index in [0.29, 0.717) is 6.42 Å². The number of rotatable bonds is 43. The van der Waals surface area contributed by atoms with Crippen molar-refractivity contribution in [1.82, 2.24) is 5.32 Å². The van der Waals surface area contributed by atoms with Crippen molar-refractivity contribution in [3.05, 3.63) is 12.2 Å². The molecule has 0 spiro atoms. The number of aliphatic hydroxyl groups excluding tert-OH is 2. The zero-order valence-electron chi connectivity index (χ0n) is 34.9. The highest BCUT2D eigenvalue weighted by molar-refractivity contribution is 5.76. The van der Waals surface area contributed by atoms with Crippen LogP contribution in [0.4, 0.5) is 0 Å². The van der Waals surface area contributed by atoms with E-state index >= 15 is 0 Å². The molecule has 0 aliphatic rings. The van der Waals surface area contributed by atoms with Crippen LogP contribution in [0.3, 0.4) is 0 Å². The van der Waals surface area contributed by atoms with Crippen LogP contribution < -0.4 is 5.32 Å². The van der Waals surface area contributed by atoms with Crippen LogP contribution in [0.1, 0.15) is 264 Å². The molecule has 3 N–H and O–H groups in total. The van der Waals surface area contributed by atoms with Gasteiger partial charge in [0.2, 0.25) is 5.91 Å². The lowest BCUT2D eigenvalue weighted by molar-refractivity contribution is -0.123. The lowest BCUT2D eigenvalue weighted by Crippen LogP contribution is -2.45. The summed E-state index contributed by atoms with van der Waals surface area (Å²) >= 11 is 0. The second-order valence-corrected chi connectivity index (χ2v) is 16.2. The third-order valence-corrected chi connectivity index (χ3v) is 11.0. The van der Waals surface area contributed by atoms with Crippen LogP contribution in [0.15, 0.2) is 12.2 Å². The van der Waals surface area contributed by atoms with Crippen molar-refractivity contribution in [3.63, 3.8) is 0 Å². The van der Waals surface area contributed by atoms with Crippen LogP contribution in [0.25, 0.3) is 0 Å². The van der Waals surface area contributed by atoms with Crippen molar-refractivity contribution in [2.75, 3.05) is 6.61 Å². The Hall–Kier alpha value is -0.870. The second-order valence-electron chi connectivity index (χ2n) is 16.2. The molecule has 0 heterocycles. The van der Waals surface area contributed by atoms with Gasteiger partial charge < -0.3 is 15.5 Å². The topological polar surface area (TPSA) is 69.6 Å². The van der Waals surface area contributed by atoms with Crippen molar-refractivity contribution >= 4 is 5.91 Å². The van der Waals surface area contributed by atoms with Gasteiger partial charge in [0.1, 0.15) is 0 Å². The van der Waals surface area contributed by atoms with E-state index in [9.17, 15) is 15.0 Å². The van der Waals surface area contributed by atoms with Gasteiger partial charge >= 0.3 is 0 Å². The predicted octanol–water partition coefficient (Wildman–Crippen LogP) is 14.6. The summed E-state index contributed by atoms with van der Waals surface area (Å²) in [6.45, 7) is 4.30. The maximum Gasteiger partial charge on any atom is 0.220 e. The maximum atomic E-state index is 12.3. The Morgan fingerprint density at radius 3 is 1.02 bits per heavy atom. The Kier molecular flexibility index (Phi) is 42.8. The molecule has 0 aromatic rings. The van der Waals surface area contributed by atoms with Crippen LogP contribution in [0.2, 0.25) is 0 Å². The molecule has 0 saturated heterocycles. The molecule has 0 aromatic heterocycles. The van der Waals surface area contributed by atoms with E-state index in [1.165, 1.54) is 218 Å². The van der Waals surface area contributed by atoms with Crippen LogP contribution in [-0.4, -0.2) is 34.9 Å². The number of amides is 1. The summed E-state index contributed by atoms with van der Waals surface area (Å²) in [4.78, 5) is 12.3. The highest BCUT2D eigenvalue weighted by Crippen LogP contribution is 2.17. The predicted molar refractivity (Wildman–Crippen MR) is 226 cm³/mol. The lowest BCUT2D eigenvalue weighted by Gasteiger charge is -2.20. The first-order valence-electron chi connectivity index (χ1n) is 23.4. The maximum absolute atomic E-state index is 12.3. The first-order valence-corrected chi connectivity index (χ1v) is 23.4. The quantitative estimate of drug-likeness (QED) is 0.0434. The van der Waals surface area contributed by atoms with Crippen LogP contribution in [0, 0.1) is 0 Å². The van der Waals surface area contributed by atoms with E-state index in [4.69, 9.17) is 0 Å². The average molecular weight is 720 g/mol. The summed E-state index contributed by atoms with van der Waals surface area (Å²) in [7, 11) is 0. The van der Waals surface area contributed by atoms with Gasteiger partial charge in [0.15, 0.2) is 0 Å². The molecule has 0 radical (unpaired) electrons. The second kappa shape index (κ2) is 43.5. The Balaban J connectivity index is 3.37. The zero-order valence-corrected chi connectivity index (χ0v) is 34.9. The van der Waals surface area contributed by atoms with Crippen molar-refractivity contribution < 1.29 is 15.0 Å². The van der Waals surface area contributed by atoms with Crippen molar-refractivity contribution in [2.45, 2.75) is 276 Å². The van der Waals surface area contributed by atoms with Gasteiger partial charge in [0, 0.05) is 6.42 Å². The molecule has 0 bridgehead atoms. The fourth-order valence-electron chi connectivity index (χ4n) is 7.42. The van der Waals surface area contributed by atoms with Crippen LogP contribution in [0.5, 0.6) is 0 Å². The van der Waals surface area contributed by atoms with E-state index in [1.807, 2.05) is 6.08 Å². The summed E-state index contributed by atoms with van der Waals surface area (Å²) in [5, 5.41) is 22.9. The molecular weight excluding hydrogens is 627 g/mol. The van der Waals surface area contributed by atoms with Gasteiger partial charge in [-0.1, -0.05) is 251 Å². The van der Waals surface area contributed by atoms with Crippen molar-refractivity contribution in [2.24, 2.45) is 0 Å². The van der Waals surface area contributed by atoms with Gasteiger partial charge in [0.25, 0.3) is 0 Å². The Bertz CT molecular complexity index is 695. The van der Waals surface area contributed by atoms with E-state index in [0.717, 1.165) is 25.7 Å². The van der Waals surface area contributed by atoms with E-state index in [-0.39, 0.29) is 12.5 Å². The number of nitrogens with one attached hydrogen (secondary N) is 1. The molecule has 4 nitrogen and oxygen atoms in total. The van der Waals surface area contributed by atoms with E-state index < -0.39 is 12.1 Å². The molecule has 0 saturated carbocycles. The number of aliphatic hydroxyl groups is 2. The van der Waals surface area contributed by atoms with E-state index in [2.05, 4.69) is 19.2 Å². The Morgan fingerprint density at radius 1 is 0.451 bits per heavy atom. The largest absolute Gasteiger partial charge is 0.394 e. The molecule has 51 heavy (non-hydrogen) atoms. The molecular formula is C47H93NO3. The molecule has 304 valence electrons. The SMILES string of the molecule is CCCCCCCCC/C=C/[C@@H](O)[C@H](CO)NC(=O)CCCCCCCCCCCCCCCCCCCCCCCCCCCCCCCC. The minimum Gasteiger partial charge on any atom is -0.394 e. The van der Waals surface area contributed by atoms with Crippen molar-refractivity contribution in [1.29, 1.82) is 0 Å². The van der Waals surface area contributed by atoms with Gasteiger partial charge in [-0.3, -0.25) is 4.79 Å². The number of allylic oxidation sites excluding steroid dienone is 1. The first kappa shape index (κ1) is 50.1.